The summed E-state index contributed by atoms with van der Waals surface area (Å²) in [6, 6.07) is 1.57. The third-order valence-corrected chi connectivity index (χ3v) is 1.56. The molecular formula is C8H5F3N2O. The van der Waals surface area contributed by atoms with Gasteiger partial charge in [0, 0.05) is 11.8 Å². The van der Waals surface area contributed by atoms with Crippen LogP contribution in [0.15, 0.2) is 12.4 Å². The third-order valence-electron chi connectivity index (χ3n) is 1.56. The van der Waals surface area contributed by atoms with Gasteiger partial charge in [0.2, 0.25) is 0 Å². The highest BCUT2D eigenvalue weighted by atomic mass is 19.4. The standard InChI is InChI=1S/C8H5F3N2O/c9-8(10,11)7-5(1-2-12)3-13-4-6(7)14/h3-4,14H,1H2. The fraction of sp³-hybridized carbons (Fsp3) is 0.250. The molecule has 14 heavy (non-hydrogen) atoms. The maximum absolute atomic E-state index is 12.3. The second-order valence-electron chi connectivity index (χ2n) is 2.53. The molecule has 1 heterocycles. The lowest BCUT2D eigenvalue weighted by molar-refractivity contribution is -0.139. The van der Waals surface area contributed by atoms with E-state index in [4.69, 9.17) is 10.4 Å². The summed E-state index contributed by atoms with van der Waals surface area (Å²) in [5.74, 6) is -0.953. The molecule has 1 aromatic heterocycles. The summed E-state index contributed by atoms with van der Waals surface area (Å²) >= 11 is 0. The molecule has 0 amide bonds. The van der Waals surface area contributed by atoms with Crippen LogP contribution in [0, 0.1) is 11.3 Å². The lowest BCUT2D eigenvalue weighted by atomic mass is 10.1. The molecule has 0 aliphatic heterocycles. The zero-order valence-corrected chi connectivity index (χ0v) is 6.84. The topological polar surface area (TPSA) is 56.9 Å². The first kappa shape index (κ1) is 10.3. The van der Waals surface area contributed by atoms with Crippen molar-refractivity contribution in [2.45, 2.75) is 12.6 Å². The van der Waals surface area contributed by atoms with Crippen molar-refractivity contribution in [3.05, 3.63) is 23.5 Å². The van der Waals surface area contributed by atoms with Gasteiger partial charge in [0.05, 0.1) is 18.7 Å². The molecule has 0 unspecified atom stereocenters. The van der Waals surface area contributed by atoms with E-state index in [1.165, 1.54) is 0 Å². The SMILES string of the molecule is N#CCc1cncc(O)c1C(F)(F)F. The first-order chi connectivity index (χ1) is 6.46. The Balaban J connectivity index is 3.31. The summed E-state index contributed by atoms with van der Waals surface area (Å²) in [5.41, 5.74) is -1.51. The zero-order valence-electron chi connectivity index (χ0n) is 6.84. The second kappa shape index (κ2) is 3.54. The van der Waals surface area contributed by atoms with Gasteiger partial charge < -0.3 is 5.11 Å². The van der Waals surface area contributed by atoms with E-state index >= 15 is 0 Å². The lowest BCUT2D eigenvalue weighted by Crippen LogP contribution is -2.09. The smallest absolute Gasteiger partial charge is 0.420 e. The van der Waals surface area contributed by atoms with E-state index in [-0.39, 0.29) is 5.56 Å². The Morgan fingerprint density at radius 3 is 2.57 bits per heavy atom. The first-order valence-corrected chi connectivity index (χ1v) is 3.57. The van der Waals surface area contributed by atoms with Crippen molar-refractivity contribution >= 4 is 0 Å². The van der Waals surface area contributed by atoms with Gasteiger partial charge in [-0.3, -0.25) is 4.98 Å². The number of nitriles is 1. The first-order valence-electron chi connectivity index (χ1n) is 3.57. The van der Waals surface area contributed by atoms with Gasteiger partial charge in [-0.25, -0.2) is 0 Å². The van der Waals surface area contributed by atoms with Gasteiger partial charge in [0.25, 0.3) is 0 Å². The maximum Gasteiger partial charge on any atom is 0.420 e. The molecule has 0 atom stereocenters. The van der Waals surface area contributed by atoms with Gasteiger partial charge in [-0.05, 0) is 0 Å². The number of halogens is 3. The molecule has 74 valence electrons. The summed E-state index contributed by atoms with van der Waals surface area (Å²) in [6.07, 6.45) is -3.48. The Kier molecular flexibility index (Phi) is 2.60. The fourth-order valence-electron chi connectivity index (χ4n) is 1.04. The van der Waals surface area contributed by atoms with Crippen LogP contribution in [0.2, 0.25) is 0 Å². The molecule has 3 nitrogen and oxygen atoms in total. The van der Waals surface area contributed by atoms with Gasteiger partial charge in [0.15, 0.2) is 0 Å². The quantitative estimate of drug-likeness (QED) is 0.756. The van der Waals surface area contributed by atoms with Gasteiger partial charge in [-0.1, -0.05) is 0 Å². The third kappa shape index (κ3) is 1.93. The van der Waals surface area contributed by atoms with Crippen LogP contribution in [0.25, 0.3) is 0 Å². The predicted molar refractivity (Wildman–Crippen MR) is 40.2 cm³/mol. The number of rotatable bonds is 1. The number of nitrogens with zero attached hydrogens (tertiary/aromatic N) is 2. The summed E-state index contributed by atoms with van der Waals surface area (Å²) in [7, 11) is 0. The number of hydrogen-bond acceptors (Lipinski definition) is 3. The zero-order chi connectivity index (χ0) is 10.8. The molecular weight excluding hydrogens is 197 g/mol. The minimum atomic E-state index is -4.67. The number of alkyl halides is 3. The number of aromatic hydroxyl groups is 1. The largest absolute Gasteiger partial charge is 0.506 e. The summed E-state index contributed by atoms with van der Waals surface area (Å²) in [4.78, 5) is 3.38. The van der Waals surface area contributed by atoms with Crippen molar-refractivity contribution in [1.29, 1.82) is 5.26 Å². The van der Waals surface area contributed by atoms with Crippen molar-refractivity contribution in [2.75, 3.05) is 0 Å². The van der Waals surface area contributed by atoms with Gasteiger partial charge in [0.1, 0.15) is 11.3 Å². The Bertz CT molecular complexity index is 381. The van der Waals surface area contributed by atoms with Crippen LogP contribution < -0.4 is 0 Å². The van der Waals surface area contributed by atoms with Crippen LogP contribution in [-0.4, -0.2) is 10.1 Å². The van der Waals surface area contributed by atoms with Gasteiger partial charge in [-0.15, -0.1) is 0 Å². The fourth-order valence-corrected chi connectivity index (χ4v) is 1.04. The number of aromatic nitrogens is 1. The molecule has 1 rings (SSSR count). The van der Waals surface area contributed by atoms with Crippen molar-refractivity contribution in [1.82, 2.24) is 4.98 Å². The van der Waals surface area contributed by atoms with E-state index in [0.717, 1.165) is 6.20 Å². The maximum atomic E-state index is 12.3. The average molecular weight is 202 g/mol. The highest BCUT2D eigenvalue weighted by molar-refractivity contribution is 5.39. The normalized spacial score (nSPS) is 11.0. The molecule has 0 bridgehead atoms. The van der Waals surface area contributed by atoms with E-state index in [9.17, 15) is 13.2 Å². The summed E-state index contributed by atoms with van der Waals surface area (Å²) in [6.45, 7) is 0. The molecule has 0 saturated heterocycles. The highest BCUT2D eigenvalue weighted by Gasteiger charge is 2.36. The Hall–Kier alpha value is -1.77. The monoisotopic (exact) mass is 202 g/mol. The minimum absolute atomic E-state index is 0.319. The van der Waals surface area contributed by atoms with Gasteiger partial charge >= 0.3 is 6.18 Å². The van der Waals surface area contributed by atoms with E-state index < -0.39 is 23.9 Å². The molecule has 0 saturated carbocycles. The van der Waals surface area contributed by atoms with Crippen LogP contribution in [0.3, 0.4) is 0 Å². The predicted octanol–water partition coefficient (Wildman–Crippen LogP) is 1.87. The minimum Gasteiger partial charge on any atom is -0.506 e. The molecule has 0 aliphatic carbocycles. The van der Waals surface area contributed by atoms with Crippen molar-refractivity contribution in [3.8, 4) is 11.8 Å². The Labute approximate surface area is 77.4 Å². The Morgan fingerprint density at radius 1 is 1.43 bits per heavy atom. The van der Waals surface area contributed by atoms with Crippen LogP contribution in [-0.2, 0) is 12.6 Å². The van der Waals surface area contributed by atoms with Crippen LogP contribution >= 0.6 is 0 Å². The average Bonchev–Trinajstić information content (AvgIpc) is 2.02. The Morgan fingerprint density at radius 2 is 2.07 bits per heavy atom. The van der Waals surface area contributed by atoms with Crippen LogP contribution in [0.1, 0.15) is 11.1 Å². The number of pyridine rings is 1. The molecule has 0 aromatic carbocycles. The molecule has 6 heteroatoms. The van der Waals surface area contributed by atoms with E-state index in [1.807, 2.05) is 0 Å². The lowest BCUT2D eigenvalue weighted by Gasteiger charge is -2.11. The summed E-state index contributed by atoms with van der Waals surface area (Å²) < 4.78 is 37.0. The second-order valence-corrected chi connectivity index (χ2v) is 2.53. The molecule has 0 fully saturated rings. The van der Waals surface area contributed by atoms with Crippen molar-refractivity contribution in [2.24, 2.45) is 0 Å². The van der Waals surface area contributed by atoms with Crippen molar-refractivity contribution in [3.63, 3.8) is 0 Å². The molecule has 0 radical (unpaired) electrons. The molecule has 1 N–H and O–H groups in total. The van der Waals surface area contributed by atoms with Crippen LogP contribution in [0.4, 0.5) is 13.2 Å². The van der Waals surface area contributed by atoms with E-state index in [1.54, 1.807) is 6.07 Å². The van der Waals surface area contributed by atoms with E-state index in [0.29, 0.717) is 6.20 Å². The molecule has 0 aliphatic rings. The van der Waals surface area contributed by atoms with Crippen LogP contribution in [0.5, 0.6) is 5.75 Å². The molecule has 0 spiro atoms. The van der Waals surface area contributed by atoms with Crippen molar-refractivity contribution < 1.29 is 18.3 Å². The number of hydrogen-bond donors (Lipinski definition) is 1. The summed E-state index contributed by atoms with van der Waals surface area (Å²) in [5, 5.41) is 17.2. The van der Waals surface area contributed by atoms with Gasteiger partial charge in [-0.2, -0.15) is 18.4 Å². The van der Waals surface area contributed by atoms with E-state index in [2.05, 4.69) is 4.98 Å². The molecule has 1 aromatic rings. The highest BCUT2D eigenvalue weighted by Crippen LogP contribution is 2.37.